The van der Waals surface area contributed by atoms with Crippen LogP contribution in [0.1, 0.15) is 6.42 Å². The van der Waals surface area contributed by atoms with Gasteiger partial charge in [0, 0.05) is 18.2 Å². The van der Waals surface area contributed by atoms with Crippen LogP contribution in [0.3, 0.4) is 0 Å². The maximum atomic E-state index is 11.8. The molecule has 19 heavy (non-hydrogen) atoms. The van der Waals surface area contributed by atoms with Gasteiger partial charge in [-0.1, -0.05) is 17.8 Å². The maximum absolute atomic E-state index is 11.8. The van der Waals surface area contributed by atoms with Crippen molar-refractivity contribution in [2.24, 2.45) is 10.7 Å². The zero-order valence-electron chi connectivity index (χ0n) is 10.3. The molecule has 0 fully saturated rings. The average Bonchev–Trinajstić information content (AvgIpc) is 2.68. The number of benzene rings is 1. The Morgan fingerprint density at radius 2 is 2.37 bits per heavy atom. The van der Waals surface area contributed by atoms with E-state index in [1.807, 2.05) is 0 Å². The van der Waals surface area contributed by atoms with Gasteiger partial charge in [0.05, 0.1) is 7.11 Å². The maximum Gasteiger partial charge on any atom is 0.262 e. The van der Waals surface area contributed by atoms with Crippen LogP contribution in [0.2, 0.25) is 0 Å². The summed E-state index contributed by atoms with van der Waals surface area (Å²) in [5.74, 6) is 0.0315. The molecule has 1 aromatic rings. The molecule has 3 N–H and O–H groups in total. The number of hydrogen-bond acceptors (Lipinski definition) is 5. The lowest BCUT2D eigenvalue weighted by Gasteiger charge is -2.08. The Morgan fingerprint density at radius 1 is 1.58 bits per heavy atom. The van der Waals surface area contributed by atoms with Crippen molar-refractivity contribution in [3.05, 3.63) is 24.3 Å². The summed E-state index contributed by atoms with van der Waals surface area (Å²) in [5, 5.41) is 2.39. The van der Waals surface area contributed by atoms with Crippen molar-refractivity contribution in [1.29, 1.82) is 0 Å². The number of nitrogens with two attached hydrogens (primary N) is 1. The van der Waals surface area contributed by atoms with E-state index in [-0.39, 0.29) is 23.4 Å². The van der Waals surface area contributed by atoms with E-state index in [9.17, 15) is 9.59 Å². The van der Waals surface area contributed by atoms with Gasteiger partial charge < -0.3 is 15.8 Å². The lowest BCUT2D eigenvalue weighted by Crippen LogP contribution is -2.21. The predicted molar refractivity (Wildman–Crippen MR) is 74.2 cm³/mol. The van der Waals surface area contributed by atoms with Crippen molar-refractivity contribution >= 4 is 34.4 Å². The monoisotopic (exact) mass is 279 g/mol. The molecular formula is C12H13N3O3S. The summed E-state index contributed by atoms with van der Waals surface area (Å²) in [6.07, 6.45) is 0.0465. The molecule has 0 saturated carbocycles. The van der Waals surface area contributed by atoms with Crippen LogP contribution in [0.5, 0.6) is 5.75 Å². The third-order valence-corrected chi connectivity index (χ3v) is 3.47. The fourth-order valence-corrected chi connectivity index (χ4v) is 2.44. The number of methoxy groups -OCH3 is 1. The van der Waals surface area contributed by atoms with Crippen LogP contribution in [0.4, 0.5) is 5.69 Å². The summed E-state index contributed by atoms with van der Waals surface area (Å²) in [6.45, 7) is 0. The number of carbonyl (C=O) groups excluding carboxylic acids is 2. The molecule has 0 bridgehead atoms. The van der Waals surface area contributed by atoms with Crippen LogP contribution in [0.15, 0.2) is 29.3 Å². The van der Waals surface area contributed by atoms with Gasteiger partial charge in [-0.25, -0.2) is 0 Å². The Kier molecular flexibility index (Phi) is 4.06. The van der Waals surface area contributed by atoms with Gasteiger partial charge in [-0.3, -0.25) is 9.59 Å². The van der Waals surface area contributed by atoms with Gasteiger partial charge in [-0.15, -0.1) is 0 Å². The first-order valence-corrected chi connectivity index (χ1v) is 6.45. The van der Waals surface area contributed by atoms with Crippen molar-refractivity contribution in [3.63, 3.8) is 0 Å². The normalized spacial score (nSPS) is 18.1. The highest BCUT2D eigenvalue weighted by Gasteiger charge is 2.29. The number of amidine groups is 1. The summed E-state index contributed by atoms with van der Waals surface area (Å²) in [5.41, 5.74) is 6.04. The topological polar surface area (TPSA) is 93.8 Å². The largest absolute Gasteiger partial charge is 0.497 e. The Labute approximate surface area is 114 Å². The summed E-state index contributed by atoms with van der Waals surface area (Å²) < 4.78 is 5.06. The summed E-state index contributed by atoms with van der Waals surface area (Å²) in [7, 11) is 1.55. The molecule has 7 heteroatoms. The zero-order chi connectivity index (χ0) is 13.8. The Hall–Kier alpha value is -2.02. The first-order chi connectivity index (χ1) is 9.08. The van der Waals surface area contributed by atoms with Crippen LogP contribution in [-0.2, 0) is 9.59 Å². The predicted octanol–water partition coefficient (Wildman–Crippen LogP) is 0.980. The summed E-state index contributed by atoms with van der Waals surface area (Å²) in [4.78, 5) is 26.8. The first kappa shape index (κ1) is 13.4. The van der Waals surface area contributed by atoms with E-state index in [2.05, 4.69) is 10.3 Å². The number of anilines is 1. The molecule has 1 heterocycles. The minimum absolute atomic E-state index is 0.0465. The van der Waals surface area contributed by atoms with Gasteiger partial charge in [0.25, 0.3) is 5.91 Å². The van der Waals surface area contributed by atoms with Gasteiger partial charge in [-0.05, 0) is 12.1 Å². The van der Waals surface area contributed by atoms with Gasteiger partial charge >= 0.3 is 0 Å². The third kappa shape index (κ3) is 3.47. The number of amides is 2. The van der Waals surface area contributed by atoms with Crippen LogP contribution >= 0.6 is 11.8 Å². The van der Waals surface area contributed by atoms with E-state index >= 15 is 0 Å². The van der Waals surface area contributed by atoms with Crippen LogP contribution in [-0.4, -0.2) is 29.3 Å². The number of aliphatic imine (C=N–C) groups is 1. The first-order valence-electron chi connectivity index (χ1n) is 5.57. The van der Waals surface area contributed by atoms with Gasteiger partial charge in [0.1, 0.15) is 11.0 Å². The standard InChI is InChI=1S/C12H13N3O3S/c1-18-8-4-2-3-7(5-8)14-10(16)6-9-11(17)15-12(13)19-9/h2-5,9H,6H2,1H3,(H,14,16)(H2,13,15,17)/t9-/m0/s1. The zero-order valence-corrected chi connectivity index (χ0v) is 11.1. The van der Waals surface area contributed by atoms with Crippen LogP contribution in [0, 0.1) is 0 Å². The fourth-order valence-electron chi connectivity index (χ4n) is 1.61. The smallest absolute Gasteiger partial charge is 0.262 e. The molecule has 0 saturated heterocycles. The van der Waals surface area contributed by atoms with Gasteiger partial charge in [0.2, 0.25) is 5.91 Å². The highest BCUT2D eigenvalue weighted by Crippen LogP contribution is 2.23. The molecule has 0 radical (unpaired) electrons. The molecule has 1 aliphatic rings. The van der Waals surface area contributed by atoms with Crippen molar-refractivity contribution in [2.75, 3.05) is 12.4 Å². The molecule has 1 atom stereocenters. The molecular weight excluding hydrogens is 266 g/mol. The molecule has 1 aliphatic heterocycles. The minimum atomic E-state index is -0.523. The SMILES string of the molecule is COc1cccc(NC(=O)C[C@@H]2SC(N)=NC2=O)c1. The number of thioether (sulfide) groups is 1. The average molecular weight is 279 g/mol. The number of hydrogen-bond donors (Lipinski definition) is 2. The van der Waals surface area contributed by atoms with Gasteiger partial charge in [-0.2, -0.15) is 4.99 Å². The second-order valence-corrected chi connectivity index (χ2v) is 5.10. The van der Waals surface area contributed by atoms with Crippen molar-refractivity contribution in [1.82, 2.24) is 0 Å². The molecule has 6 nitrogen and oxygen atoms in total. The Bertz CT molecular complexity index is 545. The molecule has 0 aliphatic carbocycles. The molecule has 0 aromatic heterocycles. The second kappa shape index (κ2) is 5.75. The quantitative estimate of drug-likeness (QED) is 0.857. The summed E-state index contributed by atoms with van der Waals surface area (Å²) in [6, 6.07) is 6.99. The number of carbonyl (C=O) groups is 2. The van der Waals surface area contributed by atoms with Crippen molar-refractivity contribution in [2.45, 2.75) is 11.7 Å². The molecule has 0 spiro atoms. The van der Waals surface area contributed by atoms with E-state index in [0.29, 0.717) is 11.4 Å². The van der Waals surface area contributed by atoms with E-state index in [0.717, 1.165) is 11.8 Å². The van der Waals surface area contributed by atoms with E-state index in [4.69, 9.17) is 10.5 Å². The molecule has 100 valence electrons. The second-order valence-electron chi connectivity index (χ2n) is 3.88. The molecule has 0 unspecified atom stereocenters. The lowest BCUT2D eigenvalue weighted by atomic mass is 10.2. The van der Waals surface area contributed by atoms with Crippen LogP contribution < -0.4 is 15.8 Å². The molecule has 2 amide bonds. The van der Waals surface area contributed by atoms with Gasteiger partial charge in [0.15, 0.2) is 5.17 Å². The number of ether oxygens (including phenoxy) is 1. The number of nitrogens with one attached hydrogen (secondary N) is 1. The Morgan fingerprint density at radius 3 is 3.00 bits per heavy atom. The van der Waals surface area contributed by atoms with E-state index in [1.165, 1.54) is 0 Å². The molecule has 1 aromatic carbocycles. The van der Waals surface area contributed by atoms with Crippen molar-refractivity contribution in [3.8, 4) is 5.75 Å². The third-order valence-electron chi connectivity index (χ3n) is 2.48. The Balaban J connectivity index is 1.93. The highest BCUT2D eigenvalue weighted by molar-refractivity contribution is 8.15. The van der Waals surface area contributed by atoms with E-state index < -0.39 is 5.25 Å². The van der Waals surface area contributed by atoms with E-state index in [1.54, 1.807) is 31.4 Å². The lowest BCUT2D eigenvalue weighted by molar-refractivity contribution is -0.121. The summed E-state index contributed by atoms with van der Waals surface area (Å²) >= 11 is 1.11. The van der Waals surface area contributed by atoms with Crippen molar-refractivity contribution < 1.29 is 14.3 Å². The molecule has 2 rings (SSSR count). The minimum Gasteiger partial charge on any atom is -0.497 e. The fraction of sp³-hybridized carbons (Fsp3) is 0.250. The number of nitrogens with zero attached hydrogens (tertiary/aromatic N) is 1. The number of rotatable bonds is 4. The van der Waals surface area contributed by atoms with Crippen LogP contribution in [0.25, 0.3) is 0 Å². The highest BCUT2D eigenvalue weighted by atomic mass is 32.2.